The quantitative estimate of drug-likeness (QED) is 0.486. The second-order valence-corrected chi connectivity index (χ2v) is 7.90. The maximum atomic E-state index is 12.6. The molecular weight excluding hydrogens is 436 g/mol. The zero-order valence-corrected chi connectivity index (χ0v) is 18.7. The highest BCUT2D eigenvalue weighted by Gasteiger charge is 2.29. The zero-order valence-electron chi connectivity index (χ0n) is 18.7. The van der Waals surface area contributed by atoms with Crippen LogP contribution >= 0.6 is 0 Å². The minimum atomic E-state index is -1.22. The topological polar surface area (TPSA) is 114 Å². The maximum absolute atomic E-state index is 12.6. The number of hydrogen-bond donors (Lipinski definition) is 3. The predicted octanol–water partition coefficient (Wildman–Crippen LogP) is 4.26. The second-order valence-electron chi connectivity index (χ2n) is 7.90. The van der Waals surface area contributed by atoms with Crippen molar-refractivity contribution in [3.05, 3.63) is 83.4 Å². The Morgan fingerprint density at radius 2 is 1.59 bits per heavy atom. The molecule has 0 spiro atoms. The lowest BCUT2D eigenvalue weighted by molar-refractivity contribution is -0.117. The molecule has 2 amide bonds. The van der Waals surface area contributed by atoms with Crippen LogP contribution in [0.3, 0.4) is 0 Å². The first-order valence-electron chi connectivity index (χ1n) is 10.7. The first-order chi connectivity index (χ1) is 16.4. The van der Waals surface area contributed by atoms with E-state index in [2.05, 4.69) is 10.6 Å². The van der Waals surface area contributed by atoms with E-state index in [0.717, 1.165) is 22.3 Å². The number of aromatic carboxylic acids is 1. The Balaban J connectivity index is 1.38. The van der Waals surface area contributed by atoms with E-state index in [9.17, 15) is 19.5 Å². The molecule has 0 aliphatic heterocycles. The van der Waals surface area contributed by atoms with Gasteiger partial charge < -0.3 is 25.2 Å². The van der Waals surface area contributed by atoms with Crippen molar-refractivity contribution in [3.63, 3.8) is 0 Å². The highest BCUT2D eigenvalue weighted by atomic mass is 16.5. The normalized spacial score (nSPS) is 12.8. The summed E-state index contributed by atoms with van der Waals surface area (Å²) in [6.07, 6.45) is -0.738. The summed E-state index contributed by atoms with van der Waals surface area (Å²) in [5.74, 6) is -1.55. The molecule has 3 aromatic carbocycles. The summed E-state index contributed by atoms with van der Waals surface area (Å²) in [6.45, 7) is 1.61. The number of carbonyl (C=O) groups excluding carboxylic acids is 2. The van der Waals surface area contributed by atoms with Gasteiger partial charge in [-0.3, -0.25) is 4.79 Å². The van der Waals surface area contributed by atoms with Gasteiger partial charge in [-0.2, -0.15) is 0 Å². The molecule has 8 heteroatoms. The molecule has 0 saturated carbocycles. The van der Waals surface area contributed by atoms with E-state index in [1.54, 1.807) is 0 Å². The number of hydrogen-bond acceptors (Lipinski definition) is 5. The molecule has 1 aliphatic rings. The zero-order chi connectivity index (χ0) is 24.2. The number of ether oxygens (including phenoxy) is 2. The van der Waals surface area contributed by atoms with Crippen LogP contribution in [-0.2, 0) is 9.53 Å². The van der Waals surface area contributed by atoms with Crippen LogP contribution in [0.2, 0.25) is 0 Å². The fourth-order valence-electron chi connectivity index (χ4n) is 4.06. The average molecular weight is 460 g/mol. The molecule has 1 atom stereocenters. The Morgan fingerprint density at radius 1 is 0.971 bits per heavy atom. The van der Waals surface area contributed by atoms with E-state index in [1.165, 1.54) is 32.2 Å². The third-order valence-corrected chi connectivity index (χ3v) is 5.79. The van der Waals surface area contributed by atoms with Crippen molar-refractivity contribution in [1.29, 1.82) is 0 Å². The smallest absolute Gasteiger partial charge is 0.407 e. The van der Waals surface area contributed by atoms with Gasteiger partial charge in [-0.15, -0.1) is 0 Å². The molecule has 0 fully saturated rings. The molecule has 0 heterocycles. The number of benzene rings is 3. The van der Waals surface area contributed by atoms with Crippen molar-refractivity contribution in [2.75, 3.05) is 19.0 Å². The highest BCUT2D eigenvalue weighted by molar-refractivity contribution is 6.03. The second kappa shape index (κ2) is 9.66. The Labute approximate surface area is 196 Å². The monoisotopic (exact) mass is 460 g/mol. The lowest BCUT2D eigenvalue weighted by Crippen LogP contribution is -2.42. The fourth-order valence-corrected chi connectivity index (χ4v) is 4.06. The van der Waals surface area contributed by atoms with Gasteiger partial charge >= 0.3 is 12.1 Å². The van der Waals surface area contributed by atoms with Crippen LogP contribution in [0.1, 0.15) is 34.3 Å². The summed E-state index contributed by atoms with van der Waals surface area (Å²) >= 11 is 0. The molecule has 3 N–H and O–H groups in total. The number of anilines is 1. The SMILES string of the molecule is COc1ccc(NC(=O)C(C)NC(=O)OCC2c3ccccc3-c3ccccc32)c(C(=O)O)c1. The van der Waals surface area contributed by atoms with Gasteiger partial charge in [-0.25, -0.2) is 9.59 Å². The average Bonchev–Trinajstić information content (AvgIpc) is 3.16. The van der Waals surface area contributed by atoms with Crippen LogP contribution in [0.5, 0.6) is 5.75 Å². The molecule has 1 aliphatic carbocycles. The summed E-state index contributed by atoms with van der Waals surface area (Å²) in [7, 11) is 1.42. The van der Waals surface area contributed by atoms with Crippen LogP contribution in [0.4, 0.5) is 10.5 Å². The van der Waals surface area contributed by atoms with E-state index in [-0.39, 0.29) is 23.8 Å². The van der Waals surface area contributed by atoms with Crippen LogP contribution in [0.25, 0.3) is 11.1 Å². The molecule has 0 radical (unpaired) electrons. The highest BCUT2D eigenvalue weighted by Crippen LogP contribution is 2.44. The molecule has 4 rings (SSSR count). The van der Waals surface area contributed by atoms with E-state index in [1.807, 2.05) is 48.5 Å². The van der Waals surface area contributed by atoms with Crippen molar-refractivity contribution in [2.24, 2.45) is 0 Å². The molecular formula is C26H24N2O6. The van der Waals surface area contributed by atoms with Gasteiger partial charge in [0.05, 0.1) is 18.4 Å². The number of fused-ring (bicyclic) bond motifs is 3. The van der Waals surface area contributed by atoms with Crippen molar-refractivity contribution < 1.29 is 29.0 Å². The van der Waals surface area contributed by atoms with Gasteiger partial charge in [0.2, 0.25) is 5.91 Å². The number of carbonyl (C=O) groups is 3. The maximum Gasteiger partial charge on any atom is 0.407 e. The first kappa shape index (κ1) is 22.8. The molecule has 8 nitrogen and oxygen atoms in total. The van der Waals surface area contributed by atoms with E-state index < -0.39 is 24.0 Å². The number of carboxylic acids is 1. The van der Waals surface area contributed by atoms with Gasteiger partial charge in [0, 0.05) is 5.92 Å². The number of alkyl carbamates (subject to hydrolysis) is 1. The van der Waals surface area contributed by atoms with Gasteiger partial charge in [0.1, 0.15) is 18.4 Å². The Bertz CT molecular complexity index is 1210. The summed E-state index contributed by atoms with van der Waals surface area (Å²) in [4.78, 5) is 36.5. The number of carboxylic acid groups (broad SMARTS) is 1. The number of nitrogens with one attached hydrogen (secondary N) is 2. The standard InChI is InChI=1S/C26H24N2O6/c1-15(24(29)28-23-12-11-16(33-2)13-21(23)25(30)31)27-26(32)34-14-22-19-9-5-3-7-17(19)18-8-4-6-10-20(18)22/h3-13,15,22H,14H2,1-2H3,(H,27,32)(H,28,29)(H,30,31). The number of rotatable bonds is 7. The minimum absolute atomic E-state index is 0.0967. The Hall–Kier alpha value is -4.33. The summed E-state index contributed by atoms with van der Waals surface area (Å²) in [5.41, 5.74) is 4.38. The van der Waals surface area contributed by atoms with E-state index >= 15 is 0 Å². The van der Waals surface area contributed by atoms with E-state index in [0.29, 0.717) is 5.75 Å². The molecule has 0 saturated heterocycles. The van der Waals surface area contributed by atoms with Gasteiger partial charge in [-0.05, 0) is 47.4 Å². The third-order valence-electron chi connectivity index (χ3n) is 5.79. The van der Waals surface area contributed by atoms with Crippen molar-refractivity contribution >= 4 is 23.7 Å². The summed E-state index contributed by atoms with van der Waals surface area (Å²) in [5, 5.41) is 14.4. The first-order valence-corrected chi connectivity index (χ1v) is 10.7. The molecule has 3 aromatic rings. The predicted molar refractivity (Wildman–Crippen MR) is 126 cm³/mol. The van der Waals surface area contributed by atoms with Crippen molar-refractivity contribution in [3.8, 4) is 16.9 Å². The Kier molecular flexibility index (Phi) is 6.49. The van der Waals surface area contributed by atoms with Crippen LogP contribution in [-0.4, -0.2) is 42.8 Å². The summed E-state index contributed by atoms with van der Waals surface area (Å²) in [6, 6.07) is 19.3. The number of amides is 2. The van der Waals surface area contributed by atoms with Gasteiger partial charge in [-0.1, -0.05) is 48.5 Å². The minimum Gasteiger partial charge on any atom is -0.497 e. The fraction of sp³-hybridized carbons (Fsp3) is 0.192. The van der Waals surface area contributed by atoms with Crippen molar-refractivity contribution in [2.45, 2.75) is 18.9 Å². The van der Waals surface area contributed by atoms with Gasteiger partial charge in [0.15, 0.2) is 0 Å². The lowest BCUT2D eigenvalue weighted by Gasteiger charge is -2.18. The van der Waals surface area contributed by atoms with Gasteiger partial charge in [0.25, 0.3) is 0 Å². The van der Waals surface area contributed by atoms with E-state index in [4.69, 9.17) is 9.47 Å². The Morgan fingerprint density at radius 3 is 2.18 bits per heavy atom. The van der Waals surface area contributed by atoms with Crippen LogP contribution in [0.15, 0.2) is 66.7 Å². The molecule has 0 aromatic heterocycles. The third kappa shape index (κ3) is 4.56. The molecule has 0 bridgehead atoms. The lowest BCUT2D eigenvalue weighted by atomic mass is 9.98. The summed E-state index contributed by atoms with van der Waals surface area (Å²) < 4.78 is 10.5. The largest absolute Gasteiger partial charge is 0.497 e. The molecule has 1 unspecified atom stereocenters. The van der Waals surface area contributed by atoms with Crippen molar-refractivity contribution in [1.82, 2.24) is 5.32 Å². The molecule has 34 heavy (non-hydrogen) atoms. The molecule has 174 valence electrons. The number of methoxy groups -OCH3 is 1. The van der Waals surface area contributed by atoms with Crippen LogP contribution in [0, 0.1) is 0 Å². The van der Waals surface area contributed by atoms with Crippen LogP contribution < -0.4 is 15.4 Å².